The first-order valence-electron chi connectivity index (χ1n) is 5.30. The predicted octanol–water partition coefficient (Wildman–Crippen LogP) is 1.09. The molecule has 1 aromatic heterocycles. The highest BCUT2D eigenvalue weighted by Gasteiger charge is 2.34. The van der Waals surface area contributed by atoms with E-state index in [0.29, 0.717) is 5.88 Å². The van der Waals surface area contributed by atoms with Crippen molar-refractivity contribution in [3.8, 4) is 5.88 Å². The van der Waals surface area contributed by atoms with Gasteiger partial charge in [0.05, 0.1) is 7.11 Å². The van der Waals surface area contributed by atoms with Crippen LogP contribution in [0.1, 0.15) is 25.1 Å². The first-order chi connectivity index (χ1) is 7.78. The summed E-state index contributed by atoms with van der Waals surface area (Å²) in [6, 6.07) is 2.57. The standard InChI is InChI=1S/C12H18N2O3/c1-7-5-8(6-9(14-7)17-4)12(2,3)10(13)11(15)16/h5-6,10H,13H2,1-4H3,(H,15,16). The molecule has 1 heterocycles. The molecule has 0 saturated carbocycles. The van der Waals surface area contributed by atoms with Crippen LogP contribution in [0, 0.1) is 6.92 Å². The lowest BCUT2D eigenvalue weighted by Crippen LogP contribution is -2.46. The molecule has 3 N–H and O–H groups in total. The van der Waals surface area contributed by atoms with Crippen LogP contribution in [-0.4, -0.2) is 29.2 Å². The third-order valence-electron chi connectivity index (χ3n) is 2.93. The van der Waals surface area contributed by atoms with Crippen LogP contribution >= 0.6 is 0 Å². The zero-order chi connectivity index (χ0) is 13.2. The lowest BCUT2D eigenvalue weighted by molar-refractivity contribution is -0.140. The van der Waals surface area contributed by atoms with Crippen LogP contribution in [0.25, 0.3) is 0 Å². The molecule has 0 radical (unpaired) electrons. The summed E-state index contributed by atoms with van der Waals surface area (Å²) in [6.07, 6.45) is 0. The average molecular weight is 238 g/mol. The Kier molecular flexibility index (Phi) is 3.72. The Morgan fingerprint density at radius 1 is 1.53 bits per heavy atom. The van der Waals surface area contributed by atoms with Crippen molar-refractivity contribution in [3.05, 3.63) is 23.4 Å². The second-order valence-electron chi connectivity index (χ2n) is 4.58. The van der Waals surface area contributed by atoms with Gasteiger partial charge in [0, 0.05) is 17.2 Å². The van der Waals surface area contributed by atoms with Crippen LogP contribution in [0.3, 0.4) is 0 Å². The molecule has 0 bridgehead atoms. The number of aromatic nitrogens is 1. The van der Waals surface area contributed by atoms with Crippen LogP contribution in [0.2, 0.25) is 0 Å². The number of hydrogen-bond acceptors (Lipinski definition) is 4. The highest BCUT2D eigenvalue weighted by Crippen LogP contribution is 2.29. The fourth-order valence-electron chi connectivity index (χ4n) is 1.60. The summed E-state index contributed by atoms with van der Waals surface area (Å²) in [7, 11) is 1.52. The van der Waals surface area contributed by atoms with Crippen molar-refractivity contribution in [2.45, 2.75) is 32.2 Å². The van der Waals surface area contributed by atoms with E-state index in [9.17, 15) is 4.79 Å². The zero-order valence-corrected chi connectivity index (χ0v) is 10.5. The monoisotopic (exact) mass is 238 g/mol. The lowest BCUT2D eigenvalue weighted by atomic mass is 9.78. The van der Waals surface area contributed by atoms with Crippen molar-refractivity contribution in [2.24, 2.45) is 5.73 Å². The number of ether oxygens (including phenoxy) is 1. The highest BCUT2D eigenvalue weighted by molar-refractivity contribution is 5.75. The number of pyridine rings is 1. The van der Waals surface area contributed by atoms with Gasteiger partial charge >= 0.3 is 5.97 Å². The van der Waals surface area contributed by atoms with Gasteiger partial charge in [-0.05, 0) is 18.6 Å². The third-order valence-corrected chi connectivity index (χ3v) is 2.93. The molecule has 0 fully saturated rings. The number of rotatable bonds is 4. The van der Waals surface area contributed by atoms with E-state index in [1.807, 2.05) is 13.0 Å². The first kappa shape index (κ1) is 13.4. The third kappa shape index (κ3) is 2.74. The molecule has 1 atom stereocenters. The number of nitrogens with two attached hydrogens (primary N) is 1. The molecule has 5 heteroatoms. The summed E-state index contributed by atoms with van der Waals surface area (Å²) in [4.78, 5) is 15.1. The lowest BCUT2D eigenvalue weighted by Gasteiger charge is -2.29. The SMILES string of the molecule is COc1cc(C(C)(C)C(N)C(=O)O)cc(C)n1. The fraction of sp³-hybridized carbons (Fsp3) is 0.500. The Bertz CT molecular complexity index is 430. The summed E-state index contributed by atoms with van der Waals surface area (Å²) in [5.41, 5.74) is 6.59. The molecule has 0 aliphatic heterocycles. The second kappa shape index (κ2) is 4.71. The second-order valence-corrected chi connectivity index (χ2v) is 4.58. The van der Waals surface area contributed by atoms with E-state index >= 15 is 0 Å². The van der Waals surface area contributed by atoms with Gasteiger partial charge in [-0.15, -0.1) is 0 Å². The van der Waals surface area contributed by atoms with E-state index < -0.39 is 17.4 Å². The molecule has 0 aliphatic carbocycles. The Morgan fingerprint density at radius 2 is 2.12 bits per heavy atom. The smallest absolute Gasteiger partial charge is 0.321 e. The molecule has 5 nitrogen and oxygen atoms in total. The maximum Gasteiger partial charge on any atom is 0.321 e. The molecule has 0 aliphatic rings. The Morgan fingerprint density at radius 3 is 2.59 bits per heavy atom. The van der Waals surface area contributed by atoms with Gasteiger partial charge in [0.1, 0.15) is 6.04 Å². The number of hydrogen-bond donors (Lipinski definition) is 2. The van der Waals surface area contributed by atoms with Crippen LogP contribution in [-0.2, 0) is 10.2 Å². The summed E-state index contributed by atoms with van der Waals surface area (Å²) < 4.78 is 5.07. The van der Waals surface area contributed by atoms with Gasteiger partial charge in [-0.3, -0.25) is 4.79 Å². The molecule has 1 rings (SSSR count). The predicted molar refractivity (Wildman–Crippen MR) is 64.2 cm³/mol. The van der Waals surface area contributed by atoms with E-state index in [-0.39, 0.29) is 0 Å². The normalized spacial score (nSPS) is 13.2. The molecular weight excluding hydrogens is 220 g/mol. The van der Waals surface area contributed by atoms with Crippen LogP contribution in [0.4, 0.5) is 0 Å². The van der Waals surface area contributed by atoms with Crippen molar-refractivity contribution < 1.29 is 14.6 Å². The fourth-order valence-corrected chi connectivity index (χ4v) is 1.60. The Balaban J connectivity index is 3.22. The van der Waals surface area contributed by atoms with E-state index in [2.05, 4.69) is 4.98 Å². The molecule has 0 aromatic carbocycles. The molecule has 94 valence electrons. The van der Waals surface area contributed by atoms with E-state index in [1.165, 1.54) is 7.11 Å². The summed E-state index contributed by atoms with van der Waals surface area (Å²) in [5, 5.41) is 9.00. The van der Waals surface area contributed by atoms with Crippen molar-refractivity contribution in [3.63, 3.8) is 0 Å². The van der Waals surface area contributed by atoms with Gasteiger partial charge in [-0.25, -0.2) is 4.98 Å². The van der Waals surface area contributed by atoms with Crippen molar-refractivity contribution >= 4 is 5.97 Å². The zero-order valence-electron chi connectivity index (χ0n) is 10.5. The number of methoxy groups -OCH3 is 1. The quantitative estimate of drug-likeness (QED) is 0.820. The summed E-state index contributed by atoms with van der Waals surface area (Å²) >= 11 is 0. The highest BCUT2D eigenvalue weighted by atomic mass is 16.5. The van der Waals surface area contributed by atoms with Gasteiger partial charge in [0.2, 0.25) is 5.88 Å². The topological polar surface area (TPSA) is 85.4 Å². The largest absolute Gasteiger partial charge is 0.481 e. The van der Waals surface area contributed by atoms with Crippen molar-refractivity contribution in [1.29, 1.82) is 0 Å². The first-order valence-corrected chi connectivity index (χ1v) is 5.30. The molecule has 17 heavy (non-hydrogen) atoms. The number of carboxylic acid groups (broad SMARTS) is 1. The van der Waals surface area contributed by atoms with E-state index in [1.54, 1.807) is 19.9 Å². The number of carboxylic acids is 1. The number of aliphatic carboxylic acids is 1. The minimum Gasteiger partial charge on any atom is -0.481 e. The van der Waals surface area contributed by atoms with Gasteiger partial charge in [-0.1, -0.05) is 13.8 Å². The van der Waals surface area contributed by atoms with Gasteiger partial charge in [0.25, 0.3) is 0 Å². The van der Waals surface area contributed by atoms with Crippen LogP contribution < -0.4 is 10.5 Å². The van der Waals surface area contributed by atoms with Crippen molar-refractivity contribution in [1.82, 2.24) is 4.98 Å². The molecule has 0 amide bonds. The molecule has 0 spiro atoms. The van der Waals surface area contributed by atoms with E-state index in [4.69, 9.17) is 15.6 Å². The summed E-state index contributed by atoms with van der Waals surface area (Å²) in [6.45, 7) is 5.41. The van der Waals surface area contributed by atoms with Crippen molar-refractivity contribution in [2.75, 3.05) is 7.11 Å². The molecule has 0 saturated heterocycles. The maximum atomic E-state index is 11.0. The molecular formula is C12H18N2O3. The number of nitrogens with zero attached hydrogens (tertiary/aromatic N) is 1. The molecule has 1 aromatic rings. The minimum atomic E-state index is -1.02. The Hall–Kier alpha value is -1.62. The number of aryl methyl sites for hydroxylation is 1. The maximum absolute atomic E-state index is 11.0. The van der Waals surface area contributed by atoms with E-state index in [0.717, 1.165) is 11.3 Å². The van der Waals surface area contributed by atoms with Crippen LogP contribution in [0.5, 0.6) is 5.88 Å². The average Bonchev–Trinajstić information content (AvgIpc) is 2.26. The van der Waals surface area contributed by atoms with Crippen LogP contribution in [0.15, 0.2) is 12.1 Å². The van der Waals surface area contributed by atoms with Gasteiger partial charge in [0.15, 0.2) is 0 Å². The number of carbonyl (C=O) groups is 1. The minimum absolute atomic E-state index is 0.464. The molecule has 1 unspecified atom stereocenters. The Labute approximate surface area is 101 Å². The summed E-state index contributed by atoms with van der Waals surface area (Å²) in [5.74, 6) is -0.561. The van der Waals surface area contributed by atoms with Gasteiger partial charge < -0.3 is 15.6 Å². The van der Waals surface area contributed by atoms with Gasteiger partial charge in [-0.2, -0.15) is 0 Å².